The molecular weight excluding hydrogens is 232 g/mol. The van der Waals surface area contributed by atoms with E-state index in [-0.39, 0.29) is 11.9 Å². The van der Waals surface area contributed by atoms with Crippen LogP contribution in [0.2, 0.25) is 0 Å². The second-order valence-electron chi connectivity index (χ2n) is 2.47. The Morgan fingerprint density at radius 3 is 0.889 bits per heavy atom. The van der Waals surface area contributed by atoms with Gasteiger partial charge in [0.1, 0.15) is 18.4 Å². The van der Waals surface area contributed by atoms with Crippen LogP contribution in [0.5, 0.6) is 0 Å². The van der Waals surface area contributed by atoms with Crippen LogP contribution in [0.25, 0.3) is 0 Å². The number of aliphatic hydroxyl groups is 1. The standard InChI is InChI=1S/C3H8O.C3H6O.2C2H4O.2C2H6/c2*1-3(2)4;2*1-2-3;2*1-2/h3-4H,1-2H3;1-2H3;2*2H,1H3;2*1-2H3. The van der Waals surface area contributed by atoms with Crippen LogP contribution in [-0.4, -0.2) is 29.6 Å². The van der Waals surface area contributed by atoms with E-state index in [1.165, 1.54) is 27.7 Å². The third kappa shape index (κ3) is 2750. The lowest BCUT2D eigenvalue weighted by molar-refractivity contribution is -0.115. The van der Waals surface area contributed by atoms with Gasteiger partial charge in [-0.25, -0.2) is 0 Å². The minimum absolute atomic E-state index is 0.167. The maximum atomic E-state index is 9.44. The van der Waals surface area contributed by atoms with Crippen molar-refractivity contribution < 1.29 is 19.5 Å². The summed E-state index contributed by atoms with van der Waals surface area (Å²) < 4.78 is 0. The van der Waals surface area contributed by atoms with E-state index < -0.39 is 0 Å². The highest BCUT2D eigenvalue weighted by Gasteiger charge is 1.69. The summed E-state index contributed by atoms with van der Waals surface area (Å²) in [5.41, 5.74) is 0. The van der Waals surface area contributed by atoms with Gasteiger partial charge in [0.15, 0.2) is 0 Å². The van der Waals surface area contributed by atoms with Gasteiger partial charge >= 0.3 is 0 Å². The maximum Gasteiger partial charge on any atom is 0.126 e. The first-order chi connectivity index (χ1) is 8.29. The quantitative estimate of drug-likeness (QED) is 0.682. The van der Waals surface area contributed by atoms with Gasteiger partial charge in [0.05, 0.1) is 0 Å². The fraction of sp³-hybridized carbons (Fsp3) is 0.786. The maximum absolute atomic E-state index is 9.44. The molecule has 0 radical (unpaired) electrons. The second kappa shape index (κ2) is 73.7. The third-order valence-electron chi connectivity index (χ3n) is 0. The first-order valence-corrected chi connectivity index (χ1v) is 6.24. The average molecular weight is 266 g/mol. The summed E-state index contributed by atoms with van der Waals surface area (Å²) in [6.45, 7) is 17.4. The van der Waals surface area contributed by atoms with Crippen molar-refractivity contribution in [3.05, 3.63) is 0 Å². The molecule has 114 valence electrons. The summed E-state index contributed by atoms with van der Waals surface area (Å²) in [6.07, 6.45) is 1.33. The van der Waals surface area contributed by atoms with E-state index in [4.69, 9.17) is 14.7 Å². The van der Waals surface area contributed by atoms with Gasteiger partial charge in [-0.1, -0.05) is 27.7 Å². The first-order valence-electron chi connectivity index (χ1n) is 6.24. The third-order valence-corrected chi connectivity index (χ3v) is 0. The molecule has 0 aromatic heterocycles. The Kier molecular flexibility index (Phi) is 147. The largest absolute Gasteiger partial charge is 0.394 e. The molecule has 0 fully saturated rings. The van der Waals surface area contributed by atoms with Gasteiger partial charge in [-0.05, 0) is 41.5 Å². The Labute approximate surface area is 114 Å². The molecule has 1 N–H and O–H groups in total. The van der Waals surface area contributed by atoms with Crippen LogP contribution in [0.1, 0.15) is 69.2 Å². The van der Waals surface area contributed by atoms with Crippen LogP contribution < -0.4 is 0 Å². The predicted octanol–water partition coefficient (Wildman–Crippen LogP) is 3.45. The number of aldehydes is 2. The van der Waals surface area contributed by atoms with Crippen molar-refractivity contribution in [2.45, 2.75) is 75.3 Å². The van der Waals surface area contributed by atoms with Crippen molar-refractivity contribution in [1.29, 1.82) is 0 Å². The molecule has 0 spiro atoms. The Morgan fingerprint density at radius 1 is 0.889 bits per heavy atom. The Morgan fingerprint density at radius 2 is 0.889 bits per heavy atom. The summed E-state index contributed by atoms with van der Waals surface area (Å²) in [7, 11) is 0. The molecule has 0 aromatic rings. The monoisotopic (exact) mass is 266 g/mol. The number of rotatable bonds is 0. The van der Waals surface area contributed by atoms with E-state index in [0.29, 0.717) is 0 Å². The van der Waals surface area contributed by atoms with E-state index in [1.54, 1.807) is 13.8 Å². The topological polar surface area (TPSA) is 71.4 Å². The van der Waals surface area contributed by atoms with Crippen molar-refractivity contribution in [2.75, 3.05) is 0 Å². The number of Topliss-reactive ketones (excluding diaryl/α,β-unsaturated/α-hetero) is 1. The SMILES string of the molecule is CC.CC.CC(C)=O.CC(C)O.CC=O.CC=O. The molecule has 4 heteroatoms. The molecule has 0 bridgehead atoms. The van der Waals surface area contributed by atoms with E-state index in [0.717, 1.165) is 12.6 Å². The fourth-order valence-electron chi connectivity index (χ4n) is 0. The van der Waals surface area contributed by atoms with Gasteiger partial charge in [0.25, 0.3) is 0 Å². The number of ketones is 1. The van der Waals surface area contributed by atoms with E-state index in [9.17, 15) is 4.79 Å². The van der Waals surface area contributed by atoms with Crippen molar-refractivity contribution >= 4 is 18.4 Å². The Bertz CT molecular complexity index is 108. The van der Waals surface area contributed by atoms with Crippen LogP contribution in [-0.2, 0) is 14.4 Å². The summed E-state index contributed by atoms with van der Waals surface area (Å²) >= 11 is 0. The van der Waals surface area contributed by atoms with Crippen LogP contribution in [0.4, 0.5) is 0 Å². The van der Waals surface area contributed by atoms with Crippen molar-refractivity contribution in [3.63, 3.8) is 0 Å². The highest BCUT2D eigenvalue weighted by atomic mass is 16.3. The molecule has 0 aliphatic carbocycles. The van der Waals surface area contributed by atoms with Crippen molar-refractivity contribution in [1.82, 2.24) is 0 Å². The van der Waals surface area contributed by atoms with Crippen LogP contribution >= 0.6 is 0 Å². The number of carbonyl (C=O) groups is 3. The molecule has 0 aliphatic heterocycles. The number of carbonyl (C=O) groups excluding carboxylic acids is 3. The Hall–Kier alpha value is -1.03. The summed E-state index contributed by atoms with van der Waals surface area (Å²) in [5.74, 6) is 0.167. The molecule has 0 unspecified atom stereocenters. The van der Waals surface area contributed by atoms with Crippen LogP contribution in [0.15, 0.2) is 0 Å². The highest BCUT2D eigenvalue weighted by Crippen LogP contribution is 1.65. The summed E-state index contributed by atoms with van der Waals surface area (Å²) in [6, 6.07) is 0. The van der Waals surface area contributed by atoms with E-state index in [2.05, 4.69) is 0 Å². The molecule has 18 heavy (non-hydrogen) atoms. The van der Waals surface area contributed by atoms with Gasteiger partial charge in [-0.2, -0.15) is 0 Å². The number of hydrogen-bond acceptors (Lipinski definition) is 4. The molecular formula is C14H34O4. The minimum atomic E-state index is -0.167. The molecule has 4 nitrogen and oxygen atoms in total. The van der Waals surface area contributed by atoms with Gasteiger partial charge in [-0.15, -0.1) is 0 Å². The summed E-state index contributed by atoms with van der Waals surface area (Å²) in [4.78, 5) is 27.1. The lowest BCUT2D eigenvalue weighted by Crippen LogP contribution is -1.85. The van der Waals surface area contributed by atoms with Crippen molar-refractivity contribution in [2.24, 2.45) is 0 Å². The highest BCUT2D eigenvalue weighted by molar-refractivity contribution is 5.72. The zero-order chi connectivity index (χ0) is 16.6. The molecule has 0 heterocycles. The molecule has 0 rings (SSSR count). The molecule has 0 saturated carbocycles. The normalized spacial score (nSPS) is 5.56. The summed E-state index contributed by atoms with van der Waals surface area (Å²) in [5, 5.41) is 8.06. The fourth-order valence-corrected chi connectivity index (χ4v) is 0. The Balaban J connectivity index is -0.0000000246. The molecule has 0 aliphatic rings. The van der Waals surface area contributed by atoms with Crippen LogP contribution in [0.3, 0.4) is 0 Å². The van der Waals surface area contributed by atoms with Gasteiger partial charge in [0.2, 0.25) is 0 Å². The smallest absolute Gasteiger partial charge is 0.126 e. The number of aliphatic hydroxyl groups excluding tert-OH is 1. The lowest BCUT2D eigenvalue weighted by atomic mass is 10.5. The average Bonchev–Trinajstić information content (AvgIpc) is 2.23. The molecule has 0 atom stereocenters. The number of hydrogen-bond donors (Lipinski definition) is 1. The minimum Gasteiger partial charge on any atom is -0.394 e. The zero-order valence-electron chi connectivity index (χ0n) is 13.9. The van der Waals surface area contributed by atoms with E-state index in [1.807, 2.05) is 27.7 Å². The second-order valence-corrected chi connectivity index (χ2v) is 2.47. The van der Waals surface area contributed by atoms with Crippen molar-refractivity contribution in [3.8, 4) is 0 Å². The molecule has 0 amide bonds. The van der Waals surface area contributed by atoms with Gasteiger partial charge < -0.3 is 19.5 Å². The molecule has 0 saturated heterocycles. The van der Waals surface area contributed by atoms with Gasteiger partial charge in [-0.3, -0.25) is 0 Å². The predicted molar refractivity (Wildman–Crippen MR) is 79.9 cm³/mol. The molecule has 0 aromatic carbocycles. The van der Waals surface area contributed by atoms with E-state index >= 15 is 0 Å². The lowest BCUT2D eigenvalue weighted by Gasteiger charge is -1.80. The van der Waals surface area contributed by atoms with Gasteiger partial charge in [0, 0.05) is 6.10 Å². The zero-order valence-corrected chi connectivity index (χ0v) is 13.9. The first kappa shape index (κ1) is 36.0. The van der Waals surface area contributed by atoms with Crippen LogP contribution in [0, 0.1) is 0 Å².